The van der Waals surface area contributed by atoms with Crippen LogP contribution in [0.1, 0.15) is 39.0 Å². The van der Waals surface area contributed by atoms with Crippen molar-refractivity contribution in [2.45, 2.75) is 45.1 Å². The third-order valence-corrected chi connectivity index (χ3v) is 2.46. The number of hydrogen-bond donors (Lipinski definition) is 1. The van der Waals surface area contributed by atoms with Gasteiger partial charge in [0.05, 0.1) is 6.04 Å². The number of terminal acetylenes is 1. The normalized spacial score (nSPS) is 11.8. The fraction of sp³-hybridized carbons (Fsp3) is 0.727. The molecule has 2 nitrogen and oxygen atoms in total. The first kappa shape index (κ1) is 13.5. The van der Waals surface area contributed by atoms with Crippen molar-refractivity contribution in [3.05, 3.63) is 0 Å². The van der Waals surface area contributed by atoms with E-state index in [-0.39, 0.29) is 11.9 Å². The quantitative estimate of drug-likeness (QED) is 0.425. The van der Waals surface area contributed by atoms with Crippen molar-refractivity contribution in [1.29, 1.82) is 0 Å². The van der Waals surface area contributed by atoms with Crippen molar-refractivity contribution >= 4 is 21.8 Å². The Hall–Kier alpha value is -0.490. The van der Waals surface area contributed by atoms with E-state index in [0.29, 0.717) is 6.42 Å². The summed E-state index contributed by atoms with van der Waals surface area (Å²) in [6.45, 7) is 2.06. The predicted molar refractivity (Wildman–Crippen MR) is 63.3 cm³/mol. The third-order valence-electron chi connectivity index (χ3n) is 1.90. The van der Waals surface area contributed by atoms with Gasteiger partial charge in [0, 0.05) is 11.8 Å². The average Bonchev–Trinajstić information content (AvgIpc) is 2.17. The minimum absolute atomic E-state index is 0.0716. The van der Waals surface area contributed by atoms with E-state index < -0.39 is 0 Å². The summed E-state index contributed by atoms with van der Waals surface area (Å²) >= 11 is 3.32. The molecule has 0 spiro atoms. The molecule has 0 aliphatic carbocycles. The summed E-state index contributed by atoms with van der Waals surface area (Å²) in [5, 5.41) is 3.79. The number of carbonyl (C=O) groups excluding carboxylic acids is 1. The lowest BCUT2D eigenvalue weighted by Crippen LogP contribution is -2.33. The SMILES string of the molecule is C#CC(CCC)NC(=O)CCCCBr. The van der Waals surface area contributed by atoms with Gasteiger partial charge < -0.3 is 5.32 Å². The van der Waals surface area contributed by atoms with Crippen molar-refractivity contribution < 1.29 is 4.79 Å². The molecule has 3 heteroatoms. The summed E-state index contributed by atoms with van der Waals surface area (Å²) in [6.07, 6.45) is 9.67. The molecule has 0 saturated carbocycles. The molecule has 0 bridgehead atoms. The molecular formula is C11H18BrNO. The second-order valence-electron chi connectivity index (χ2n) is 3.22. The summed E-state index contributed by atoms with van der Waals surface area (Å²) < 4.78 is 0. The van der Waals surface area contributed by atoms with E-state index in [9.17, 15) is 4.79 Å². The van der Waals surface area contributed by atoms with E-state index in [2.05, 4.69) is 34.1 Å². The zero-order valence-corrected chi connectivity index (χ0v) is 10.3. The van der Waals surface area contributed by atoms with E-state index in [1.165, 1.54) is 0 Å². The summed E-state index contributed by atoms with van der Waals surface area (Å²) in [5.74, 6) is 2.65. The molecule has 0 aromatic carbocycles. The Labute approximate surface area is 95.0 Å². The smallest absolute Gasteiger partial charge is 0.220 e. The molecule has 0 aliphatic heterocycles. The number of hydrogen-bond acceptors (Lipinski definition) is 1. The van der Waals surface area contributed by atoms with Crippen LogP contribution in [0.2, 0.25) is 0 Å². The molecule has 80 valence electrons. The fourth-order valence-corrected chi connectivity index (χ4v) is 1.53. The minimum atomic E-state index is -0.0866. The topological polar surface area (TPSA) is 29.1 Å². The number of rotatable bonds is 7. The van der Waals surface area contributed by atoms with E-state index in [0.717, 1.165) is 31.0 Å². The molecule has 0 aliphatic rings. The van der Waals surface area contributed by atoms with Crippen LogP contribution >= 0.6 is 15.9 Å². The second kappa shape index (κ2) is 9.08. The Balaban J connectivity index is 3.63. The van der Waals surface area contributed by atoms with Gasteiger partial charge in [0.15, 0.2) is 0 Å². The largest absolute Gasteiger partial charge is 0.342 e. The van der Waals surface area contributed by atoms with Crippen LogP contribution < -0.4 is 5.32 Å². The average molecular weight is 260 g/mol. The first-order valence-corrected chi connectivity index (χ1v) is 6.18. The van der Waals surface area contributed by atoms with Gasteiger partial charge in [-0.25, -0.2) is 0 Å². The monoisotopic (exact) mass is 259 g/mol. The molecular weight excluding hydrogens is 242 g/mol. The number of carbonyl (C=O) groups is 1. The van der Waals surface area contributed by atoms with Crippen LogP contribution in [0.3, 0.4) is 0 Å². The lowest BCUT2D eigenvalue weighted by Gasteiger charge is -2.11. The third kappa shape index (κ3) is 6.97. The van der Waals surface area contributed by atoms with Gasteiger partial charge in [0.1, 0.15) is 0 Å². The molecule has 0 saturated heterocycles. The van der Waals surface area contributed by atoms with Crippen LogP contribution in [0.15, 0.2) is 0 Å². The highest BCUT2D eigenvalue weighted by molar-refractivity contribution is 9.09. The molecule has 0 radical (unpaired) electrons. The summed E-state index contributed by atoms with van der Waals surface area (Å²) in [4.78, 5) is 11.3. The van der Waals surface area contributed by atoms with E-state index in [1.807, 2.05) is 0 Å². The number of unbranched alkanes of at least 4 members (excludes halogenated alkanes) is 1. The first-order chi connectivity index (χ1) is 6.74. The Morgan fingerprint density at radius 1 is 1.57 bits per heavy atom. The Morgan fingerprint density at radius 2 is 2.29 bits per heavy atom. The maximum Gasteiger partial charge on any atom is 0.220 e. The maximum atomic E-state index is 11.3. The number of halogens is 1. The van der Waals surface area contributed by atoms with Crippen molar-refractivity contribution in [3.8, 4) is 12.3 Å². The van der Waals surface area contributed by atoms with Crippen molar-refractivity contribution in [1.82, 2.24) is 5.32 Å². The molecule has 14 heavy (non-hydrogen) atoms. The van der Waals surface area contributed by atoms with E-state index in [4.69, 9.17) is 6.42 Å². The van der Waals surface area contributed by atoms with Crippen LogP contribution in [-0.4, -0.2) is 17.3 Å². The first-order valence-electron chi connectivity index (χ1n) is 5.06. The summed E-state index contributed by atoms with van der Waals surface area (Å²) in [7, 11) is 0. The zero-order valence-electron chi connectivity index (χ0n) is 8.68. The van der Waals surface area contributed by atoms with Gasteiger partial charge in [-0.3, -0.25) is 4.79 Å². The van der Waals surface area contributed by atoms with Gasteiger partial charge in [-0.15, -0.1) is 6.42 Å². The minimum Gasteiger partial charge on any atom is -0.342 e. The number of alkyl halides is 1. The zero-order chi connectivity index (χ0) is 10.8. The van der Waals surface area contributed by atoms with Gasteiger partial charge >= 0.3 is 0 Å². The maximum absolute atomic E-state index is 11.3. The molecule has 0 aromatic rings. The van der Waals surface area contributed by atoms with Gasteiger partial charge in [0.25, 0.3) is 0 Å². The number of amides is 1. The molecule has 1 unspecified atom stereocenters. The van der Waals surface area contributed by atoms with Gasteiger partial charge in [-0.2, -0.15) is 0 Å². The standard InChI is InChI=1S/C11H18BrNO/c1-3-7-10(4-2)13-11(14)8-5-6-9-12/h2,10H,3,5-9H2,1H3,(H,13,14). The van der Waals surface area contributed by atoms with Crippen molar-refractivity contribution in [3.63, 3.8) is 0 Å². The highest BCUT2D eigenvalue weighted by Crippen LogP contribution is 2.00. The second-order valence-corrected chi connectivity index (χ2v) is 4.01. The lowest BCUT2D eigenvalue weighted by molar-refractivity contribution is -0.121. The van der Waals surface area contributed by atoms with Gasteiger partial charge in [-0.1, -0.05) is 35.2 Å². The molecule has 0 heterocycles. The molecule has 1 amide bonds. The Bertz CT molecular complexity index is 198. The van der Waals surface area contributed by atoms with Crippen LogP contribution in [0.4, 0.5) is 0 Å². The van der Waals surface area contributed by atoms with Gasteiger partial charge in [-0.05, 0) is 19.3 Å². The van der Waals surface area contributed by atoms with E-state index in [1.54, 1.807) is 0 Å². The van der Waals surface area contributed by atoms with Crippen molar-refractivity contribution in [2.24, 2.45) is 0 Å². The number of nitrogens with one attached hydrogen (secondary N) is 1. The van der Waals surface area contributed by atoms with E-state index >= 15 is 0 Å². The van der Waals surface area contributed by atoms with Crippen molar-refractivity contribution in [2.75, 3.05) is 5.33 Å². The lowest BCUT2D eigenvalue weighted by atomic mass is 10.1. The fourth-order valence-electron chi connectivity index (χ4n) is 1.13. The predicted octanol–water partition coefficient (Wildman–Crippen LogP) is 2.47. The Morgan fingerprint density at radius 3 is 2.79 bits per heavy atom. The highest BCUT2D eigenvalue weighted by atomic mass is 79.9. The van der Waals surface area contributed by atoms with Crippen LogP contribution in [0.25, 0.3) is 0 Å². The molecule has 0 rings (SSSR count). The molecule has 1 N–H and O–H groups in total. The summed E-state index contributed by atoms with van der Waals surface area (Å²) in [6, 6.07) is -0.0866. The van der Waals surface area contributed by atoms with Crippen LogP contribution in [-0.2, 0) is 4.79 Å². The Kier molecular flexibility index (Phi) is 8.76. The molecule has 0 aromatic heterocycles. The molecule has 1 atom stereocenters. The highest BCUT2D eigenvalue weighted by Gasteiger charge is 2.07. The van der Waals surface area contributed by atoms with Gasteiger partial charge in [0.2, 0.25) is 5.91 Å². The van der Waals surface area contributed by atoms with Crippen LogP contribution in [0, 0.1) is 12.3 Å². The summed E-state index contributed by atoms with van der Waals surface area (Å²) in [5.41, 5.74) is 0. The van der Waals surface area contributed by atoms with Crippen LogP contribution in [0.5, 0.6) is 0 Å². The molecule has 0 fully saturated rings.